The third-order valence-corrected chi connectivity index (χ3v) is 2.77. The van der Waals surface area contributed by atoms with Crippen LogP contribution >= 0.6 is 12.2 Å². The summed E-state index contributed by atoms with van der Waals surface area (Å²) in [7, 11) is 0. The van der Waals surface area contributed by atoms with Crippen LogP contribution in [0.3, 0.4) is 0 Å². The zero-order valence-corrected chi connectivity index (χ0v) is 9.53. The lowest BCUT2D eigenvalue weighted by Crippen LogP contribution is -2.45. The summed E-state index contributed by atoms with van der Waals surface area (Å²) >= 11 is 4.87. The molecule has 1 aliphatic heterocycles. The van der Waals surface area contributed by atoms with Crippen LogP contribution in [0.4, 0.5) is 4.39 Å². The van der Waals surface area contributed by atoms with Crippen LogP contribution in [-0.2, 0) is 11.2 Å². The van der Waals surface area contributed by atoms with Gasteiger partial charge in [-0.1, -0.05) is 12.1 Å². The first-order chi connectivity index (χ1) is 7.49. The number of hydrogen-bond acceptors (Lipinski definition) is 2. The van der Waals surface area contributed by atoms with E-state index in [1.807, 2.05) is 0 Å². The summed E-state index contributed by atoms with van der Waals surface area (Å²) in [6.45, 7) is 1.74. The number of thiocarbonyl (C=S) groups is 1. The lowest BCUT2D eigenvalue weighted by atomic mass is 9.93. The van der Waals surface area contributed by atoms with E-state index in [1.54, 1.807) is 19.1 Å². The van der Waals surface area contributed by atoms with Crippen molar-refractivity contribution in [2.45, 2.75) is 18.9 Å². The fourth-order valence-electron chi connectivity index (χ4n) is 1.76. The van der Waals surface area contributed by atoms with Crippen molar-refractivity contribution in [3.05, 3.63) is 35.6 Å². The molecule has 1 heterocycles. The van der Waals surface area contributed by atoms with Gasteiger partial charge in [0.15, 0.2) is 5.11 Å². The fourth-order valence-corrected chi connectivity index (χ4v) is 2.08. The molecule has 1 fully saturated rings. The number of nitrogens with one attached hydrogen (secondary N) is 2. The van der Waals surface area contributed by atoms with E-state index in [4.69, 9.17) is 12.2 Å². The quantitative estimate of drug-likeness (QED) is 0.759. The number of rotatable bonds is 2. The SMILES string of the molecule is CC1(Cc2cccc(F)c2)NC(=S)NC1=O. The fraction of sp³-hybridized carbons (Fsp3) is 0.273. The van der Waals surface area contributed by atoms with Crippen molar-refractivity contribution in [1.29, 1.82) is 0 Å². The van der Waals surface area contributed by atoms with Gasteiger partial charge in [0.05, 0.1) is 0 Å². The van der Waals surface area contributed by atoms with Gasteiger partial charge in [0.25, 0.3) is 5.91 Å². The largest absolute Gasteiger partial charge is 0.348 e. The molecule has 84 valence electrons. The molecule has 1 aromatic rings. The molecule has 1 aliphatic rings. The van der Waals surface area contributed by atoms with Gasteiger partial charge in [0.2, 0.25) is 0 Å². The summed E-state index contributed by atoms with van der Waals surface area (Å²) in [6.07, 6.45) is 0.400. The Morgan fingerprint density at radius 1 is 1.50 bits per heavy atom. The normalized spacial score (nSPS) is 24.1. The van der Waals surface area contributed by atoms with Gasteiger partial charge in [-0.2, -0.15) is 0 Å². The number of carbonyl (C=O) groups excluding carboxylic acids is 1. The Hall–Kier alpha value is -1.49. The molecule has 2 rings (SSSR count). The van der Waals surface area contributed by atoms with E-state index in [2.05, 4.69) is 10.6 Å². The van der Waals surface area contributed by atoms with E-state index in [-0.39, 0.29) is 11.7 Å². The molecule has 1 atom stereocenters. The summed E-state index contributed by atoms with van der Waals surface area (Å²) < 4.78 is 13.0. The summed E-state index contributed by atoms with van der Waals surface area (Å²) in [6, 6.07) is 6.20. The number of halogens is 1. The molecule has 0 radical (unpaired) electrons. The second-order valence-electron chi connectivity index (χ2n) is 4.05. The molecule has 16 heavy (non-hydrogen) atoms. The topological polar surface area (TPSA) is 41.1 Å². The van der Waals surface area contributed by atoms with Crippen LogP contribution in [0.1, 0.15) is 12.5 Å². The maximum atomic E-state index is 13.0. The highest BCUT2D eigenvalue weighted by Crippen LogP contribution is 2.17. The van der Waals surface area contributed by atoms with Gasteiger partial charge in [-0.3, -0.25) is 4.79 Å². The van der Waals surface area contributed by atoms with E-state index in [9.17, 15) is 9.18 Å². The molecule has 0 bridgehead atoms. The minimum absolute atomic E-state index is 0.179. The second-order valence-corrected chi connectivity index (χ2v) is 4.46. The molecule has 0 aliphatic carbocycles. The molecular formula is C11H11FN2OS. The van der Waals surface area contributed by atoms with Gasteiger partial charge in [-0.25, -0.2) is 4.39 Å². The minimum Gasteiger partial charge on any atom is -0.348 e. The highest BCUT2D eigenvalue weighted by atomic mass is 32.1. The van der Waals surface area contributed by atoms with Crippen molar-refractivity contribution < 1.29 is 9.18 Å². The van der Waals surface area contributed by atoms with Crippen LogP contribution in [-0.4, -0.2) is 16.6 Å². The minimum atomic E-state index is -0.787. The first-order valence-corrected chi connectivity index (χ1v) is 5.28. The maximum Gasteiger partial charge on any atom is 0.251 e. The molecule has 1 aromatic carbocycles. The third kappa shape index (κ3) is 2.04. The number of amides is 1. The van der Waals surface area contributed by atoms with Crippen LogP contribution in [0.25, 0.3) is 0 Å². The van der Waals surface area contributed by atoms with Crippen molar-refractivity contribution in [2.24, 2.45) is 0 Å². The summed E-state index contributed by atoms with van der Waals surface area (Å²) in [5, 5.41) is 5.75. The zero-order valence-electron chi connectivity index (χ0n) is 8.71. The van der Waals surface area contributed by atoms with Crippen LogP contribution in [0.5, 0.6) is 0 Å². The van der Waals surface area contributed by atoms with Gasteiger partial charge in [0, 0.05) is 6.42 Å². The highest BCUT2D eigenvalue weighted by molar-refractivity contribution is 7.80. The maximum absolute atomic E-state index is 13.0. The number of carbonyl (C=O) groups is 1. The Morgan fingerprint density at radius 3 is 2.81 bits per heavy atom. The van der Waals surface area contributed by atoms with Gasteiger partial charge in [-0.05, 0) is 36.8 Å². The molecule has 0 saturated carbocycles. The Balaban J connectivity index is 2.21. The van der Waals surface area contributed by atoms with Gasteiger partial charge in [-0.15, -0.1) is 0 Å². The summed E-state index contributed by atoms with van der Waals surface area (Å²) in [5.74, 6) is -0.483. The smallest absolute Gasteiger partial charge is 0.251 e. The molecule has 5 heteroatoms. The van der Waals surface area contributed by atoms with Crippen LogP contribution in [0, 0.1) is 5.82 Å². The van der Waals surface area contributed by atoms with Gasteiger partial charge >= 0.3 is 0 Å². The first kappa shape index (κ1) is 11.0. The third-order valence-electron chi connectivity index (χ3n) is 2.56. The van der Waals surface area contributed by atoms with Gasteiger partial charge in [0.1, 0.15) is 11.4 Å². The molecule has 3 nitrogen and oxygen atoms in total. The standard InChI is InChI=1S/C11H11FN2OS/c1-11(9(15)13-10(16)14-11)6-7-3-2-4-8(12)5-7/h2-5H,6H2,1H3,(H2,13,14,15,16). The lowest BCUT2D eigenvalue weighted by molar-refractivity contribution is -0.123. The van der Waals surface area contributed by atoms with E-state index >= 15 is 0 Å². The van der Waals surface area contributed by atoms with Crippen molar-refractivity contribution in [3.63, 3.8) is 0 Å². The van der Waals surface area contributed by atoms with E-state index in [0.717, 1.165) is 5.56 Å². The number of benzene rings is 1. The van der Waals surface area contributed by atoms with Crippen LogP contribution in [0.2, 0.25) is 0 Å². The Labute approximate surface area is 98.0 Å². The van der Waals surface area contributed by atoms with Crippen molar-refractivity contribution in [3.8, 4) is 0 Å². The molecule has 0 aromatic heterocycles. The van der Waals surface area contributed by atoms with Gasteiger partial charge < -0.3 is 10.6 Å². The summed E-state index contributed by atoms with van der Waals surface area (Å²) in [5.41, 5.74) is -0.0277. The van der Waals surface area contributed by atoms with Crippen molar-refractivity contribution in [2.75, 3.05) is 0 Å². The molecular weight excluding hydrogens is 227 g/mol. The van der Waals surface area contributed by atoms with Crippen LogP contribution < -0.4 is 10.6 Å². The monoisotopic (exact) mass is 238 g/mol. The Kier molecular flexibility index (Phi) is 2.63. The second kappa shape index (κ2) is 3.83. The van der Waals surface area contributed by atoms with E-state index < -0.39 is 5.54 Å². The number of hydrogen-bond donors (Lipinski definition) is 2. The molecule has 1 unspecified atom stereocenters. The van der Waals surface area contributed by atoms with Crippen molar-refractivity contribution >= 4 is 23.2 Å². The van der Waals surface area contributed by atoms with Crippen LogP contribution in [0.15, 0.2) is 24.3 Å². The van der Waals surface area contributed by atoms with E-state index in [0.29, 0.717) is 11.5 Å². The molecule has 0 spiro atoms. The molecule has 1 amide bonds. The molecule has 1 saturated heterocycles. The zero-order chi connectivity index (χ0) is 11.8. The van der Waals surface area contributed by atoms with E-state index in [1.165, 1.54) is 12.1 Å². The predicted molar refractivity (Wildman–Crippen MR) is 62.4 cm³/mol. The molecule has 2 N–H and O–H groups in total. The Morgan fingerprint density at radius 2 is 2.25 bits per heavy atom. The summed E-state index contributed by atoms with van der Waals surface area (Å²) in [4.78, 5) is 11.6. The highest BCUT2D eigenvalue weighted by Gasteiger charge is 2.39. The average molecular weight is 238 g/mol. The first-order valence-electron chi connectivity index (χ1n) is 4.88. The van der Waals surface area contributed by atoms with Crippen molar-refractivity contribution in [1.82, 2.24) is 10.6 Å². The Bertz CT molecular complexity index is 463. The predicted octanol–water partition coefficient (Wildman–Crippen LogP) is 1.13. The lowest BCUT2D eigenvalue weighted by Gasteiger charge is -2.20. The average Bonchev–Trinajstić information content (AvgIpc) is 2.39.